The summed E-state index contributed by atoms with van der Waals surface area (Å²) >= 11 is 1.54. The SMILES string of the molecule is O=C(CCN1C(=O)CSc2ccccc21)NCc1cccnc1. The van der Waals surface area contributed by atoms with E-state index in [1.807, 2.05) is 36.4 Å². The van der Waals surface area contributed by atoms with E-state index in [1.54, 1.807) is 29.1 Å². The van der Waals surface area contributed by atoms with Gasteiger partial charge in [0, 0.05) is 36.8 Å². The molecule has 0 radical (unpaired) electrons. The van der Waals surface area contributed by atoms with E-state index in [1.165, 1.54) is 0 Å². The molecule has 1 aliphatic heterocycles. The molecule has 1 aliphatic rings. The van der Waals surface area contributed by atoms with E-state index >= 15 is 0 Å². The van der Waals surface area contributed by atoms with Crippen LogP contribution in [0.3, 0.4) is 0 Å². The van der Waals surface area contributed by atoms with Crippen molar-refractivity contribution < 1.29 is 9.59 Å². The maximum absolute atomic E-state index is 12.1. The molecule has 1 aromatic heterocycles. The number of carbonyl (C=O) groups excluding carboxylic acids is 2. The van der Waals surface area contributed by atoms with Gasteiger partial charge in [0.05, 0.1) is 11.4 Å². The number of carbonyl (C=O) groups is 2. The molecule has 0 spiro atoms. The van der Waals surface area contributed by atoms with Crippen LogP contribution in [0.25, 0.3) is 0 Å². The van der Waals surface area contributed by atoms with Gasteiger partial charge in [-0.25, -0.2) is 0 Å². The molecule has 2 amide bonds. The minimum atomic E-state index is -0.0719. The van der Waals surface area contributed by atoms with Crippen molar-refractivity contribution in [2.75, 3.05) is 17.2 Å². The minimum absolute atomic E-state index is 0.0498. The van der Waals surface area contributed by atoms with Gasteiger partial charge in [0.2, 0.25) is 11.8 Å². The maximum Gasteiger partial charge on any atom is 0.237 e. The second-order valence-corrected chi connectivity index (χ2v) is 6.21. The van der Waals surface area contributed by atoms with Crippen LogP contribution in [0.15, 0.2) is 53.7 Å². The summed E-state index contributed by atoms with van der Waals surface area (Å²) in [6.07, 6.45) is 3.70. The fourth-order valence-electron chi connectivity index (χ4n) is 2.40. The van der Waals surface area contributed by atoms with E-state index in [0.29, 0.717) is 18.8 Å². The lowest BCUT2D eigenvalue weighted by atomic mass is 10.2. The summed E-state index contributed by atoms with van der Waals surface area (Å²) in [5.41, 5.74) is 1.85. The number of hydrogen-bond donors (Lipinski definition) is 1. The molecule has 23 heavy (non-hydrogen) atoms. The lowest BCUT2D eigenvalue weighted by molar-refractivity contribution is -0.121. The van der Waals surface area contributed by atoms with Gasteiger partial charge >= 0.3 is 0 Å². The highest BCUT2D eigenvalue weighted by atomic mass is 32.2. The summed E-state index contributed by atoms with van der Waals surface area (Å²) in [7, 11) is 0. The molecule has 0 saturated carbocycles. The first-order valence-corrected chi connectivity index (χ1v) is 8.40. The lowest BCUT2D eigenvalue weighted by Crippen LogP contribution is -2.38. The monoisotopic (exact) mass is 327 g/mol. The molecule has 0 fully saturated rings. The molecular weight excluding hydrogens is 310 g/mol. The van der Waals surface area contributed by atoms with E-state index in [0.717, 1.165) is 16.1 Å². The Kier molecular flexibility index (Phi) is 4.92. The number of amides is 2. The van der Waals surface area contributed by atoms with Gasteiger partial charge in [-0.1, -0.05) is 18.2 Å². The topological polar surface area (TPSA) is 62.3 Å². The van der Waals surface area contributed by atoms with Crippen molar-refractivity contribution in [1.82, 2.24) is 10.3 Å². The highest BCUT2D eigenvalue weighted by molar-refractivity contribution is 8.00. The zero-order valence-corrected chi connectivity index (χ0v) is 13.4. The summed E-state index contributed by atoms with van der Waals surface area (Å²) in [4.78, 5) is 30.9. The number of fused-ring (bicyclic) bond motifs is 1. The van der Waals surface area contributed by atoms with Crippen molar-refractivity contribution >= 4 is 29.3 Å². The number of hydrogen-bond acceptors (Lipinski definition) is 4. The second-order valence-electron chi connectivity index (χ2n) is 5.19. The Morgan fingerprint density at radius 3 is 2.96 bits per heavy atom. The second kappa shape index (κ2) is 7.28. The van der Waals surface area contributed by atoms with E-state index in [2.05, 4.69) is 10.3 Å². The number of benzene rings is 1. The Bertz CT molecular complexity index is 706. The first-order chi connectivity index (χ1) is 11.2. The Morgan fingerprint density at radius 1 is 1.26 bits per heavy atom. The lowest BCUT2D eigenvalue weighted by Gasteiger charge is -2.28. The van der Waals surface area contributed by atoms with Crippen LogP contribution >= 0.6 is 11.8 Å². The van der Waals surface area contributed by atoms with Crippen LogP contribution in [0.1, 0.15) is 12.0 Å². The van der Waals surface area contributed by atoms with Crippen LogP contribution in [0.5, 0.6) is 0 Å². The van der Waals surface area contributed by atoms with Crippen LogP contribution in [0, 0.1) is 0 Å². The molecule has 1 N–H and O–H groups in total. The zero-order chi connectivity index (χ0) is 16.1. The smallest absolute Gasteiger partial charge is 0.237 e. The number of rotatable bonds is 5. The highest BCUT2D eigenvalue weighted by Gasteiger charge is 2.24. The van der Waals surface area contributed by atoms with Crippen LogP contribution in [-0.2, 0) is 16.1 Å². The Labute approximate surface area is 139 Å². The van der Waals surface area contributed by atoms with Crippen LogP contribution in [0.2, 0.25) is 0 Å². The van der Waals surface area contributed by atoms with Crippen molar-refractivity contribution in [2.45, 2.75) is 17.9 Å². The summed E-state index contributed by atoms with van der Waals surface area (Å²) in [5.74, 6) is 0.403. The number of anilines is 1. The molecule has 0 aliphatic carbocycles. The Morgan fingerprint density at radius 2 is 2.13 bits per heavy atom. The van der Waals surface area contributed by atoms with E-state index in [4.69, 9.17) is 0 Å². The zero-order valence-electron chi connectivity index (χ0n) is 12.6. The van der Waals surface area contributed by atoms with Gasteiger partial charge < -0.3 is 10.2 Å². The summed E-state index contributed by atoms with van der Waals surface area (Å²) < 4.78 is 0. The van der Waals surface area contributed by atoms with Crippen LogP contribution in [0.4, 0.5) is 5.69 Å². The van der Waals surface area contributed by atoms with Crippen molar-refractivity contribution in [3.05, 3.63) is 54.4 Å². The minimum Gasteiger partial charge on any atom is -0.352 e. The van der Waals surface area contributed by atoms with Gasteiger partial charge in [-0.05, 0) is 23.8 Å². The molecule has 1 aromatic carbocycles. The van der Waals surface area contributed by atoms with Crippen molar-refractivity contribution in [1.29, 1.82) is 0 Å². The van der Waals surface area contributed by atoms with Crippen molar-refractivity contribution in [2.24, 2.45) is 0 Å². The third-order valence-corrected chi connectivity index (χ3v) is 4.63. The number of nitrogens with zero attached hydrogens (tertiary/aromatic N) is 2. The Balaban J connectivity index is 1.55. The predicted molar refractivity (Wildman–Crippen MR) is 90.2 cm³/mol. The quantitative estimate of drug-likeness (QED) is 0.915. The first-order valence-electron chi connectivity index (χ1n) is 7.42. The number of para-hydroxylation sites is 1. The molecule has 2 aromatic rings. The third-order valence-electron chi connectivity index (χ3n) is 3.58. The molecule has 118 valence electrons. The average molecular weight is 327 g/mol. The van der Waals surface area contributed by atoms with E-state index in [9.17, 15) is 9.59 Å². The number of aromatic nitrogens is 1. The van der Waals surface area contributed by atoms with Crippen molar-refractivity contribution in [3.8, 4) is 0 Å². The number of nitrogens with one attached hydrogen (secondary N) is 1. The van der Waals surface area contributed by atoms with Crippen LogP contribution in [-0.4, -0.2) is 29.1 Å². The summed E-state index contributed by atoms with van der Waals surface area (Å²) in [6.45, 7) is 0.850. The fraction of sp³-hybridized carbons (Fsp3) is 0.235. The number of pyridine rings is 1. The van der Waals surface area contributed by atoms with E-state index < -0.39 is 0 Å². The largest absolute Gasteiger partial charge is 0.352 e. The van der Waals surface area contributed by atoms with Gasteiger partial charge in [0.25, 0.3) is 0 Å². The molecule has 6 heteroatoms. The molecule has 5 nitrogen and oxygen atoms in total. The predicted octanol–water partition coefficient (Wildman–Crippen LogP) is 2.23. The summed E-state index contributed by atoms with van der Waals surface area (Å²) in [6, 6.07) is 11.5. The molecule has 0 saturated heterocycles. The standard InChI is InChI=1S/C17H17N3O2S/c21-16(19-11-13-4-3-8-18-10-13)7-9-20-14-5-1-2-6-15(14)23-12-17(20)22/h1-6,8,10H,7,9,11-12H2,(H,19,21). The van der Waals surface area contributed by atoms with Crippen LogP contribution < -0.4 is 10.2 Å². The van der Waals surface area contributed by atoms with Gasteiger partial charge in [-0.15, -0.1) is 11.8 Å². The summed E-state index contributed by atoms with van der Waals surface area (Å²) in [5, 5.41) is 2.86. The average Bonchev–Trinajstić information content (AvgIpc) is 2.60. The van der Waals surface area contributed by atoms with Gasteiger partial charge in [0.15, 0.2) is 0 Å². The molecule has 3 rings (SSSR count). The first kappa shape index (κ1) is 15.6. The maximum atomic E-state index is 12.1. The molecular formula is C17H17N3O2S. The third kappa shape index (κ3) is 3.90. The highest BCUT2D eigenvalue weighted by Crippen LogP contribution is 2.34. The molecule has 0 atom stereocenters. The fourth-order valence-corrected chi connectivity index (χ4v) is 3.34. The number of thioether (sulfide) groups is 1. The molecule has 0 unspecified atom stereocenters. The normalized spacial score (nSPS) is 13.6. The van der Waals surface area contributed by atoms with Gasteiger partial charge in [-0.3, -0.25) is 14.6 Å². The Hall–Kier alpha value is -2.34. The molecule has 2 heterocycles. The van der Waals surface area contributed by atoms with Gasteiger partial charge in [0.1, 0.15) is 0 Å². The van der Waals surface area contributed by atoms with Crippen molar-refractivity contribution in [3.63, 3.8) is 0 Å². The molecule has 0 bridgehead atoms. The van der Waals surface area contributed by atoms with E-state index in [-0.39, 0.29) is 18.2 Å². The van der Waals surface area contributed by atoms with Gasteiger partial charge in [-0.2, -0.15) is 0 Å².